The number of pyridine rings is 1. The quantitative estimate of drug-likeness (QED) is 0.275. The molecule has 1 heterocycles. The molecule has 3 aromatic rings. The summed E-state index contributed by atoms with van der Waals surface area (Å²) in [6.07, 6.45) is -8.00. The molecule has 0 saturated carbocycles. The predicted molar refractivity (Wildman–Crippen MR) is 97.8 cm³/mol. The highest BCUT2D eigenvalue weighted by atomic mass is 127. The van der Waals surface area contributed by atoms with Crippen molar-refractivity contribution in [3.63, 3.8) is 0 Å². The van der Waals surface area contributed by atoms with E-state index in [9.17, 15) is 26.3 Å². The van der Waals surface area contributed by atoms with Crippen molar-refractivity contribution in [1.82, 2.24) is 4.98 Å². The summed E-state index contributed by atoms with van der Waals surface area (Å²) in [5.74, 6) is 0. The number of benzene rings is 2. The second kappa shape index (κ2) is 7.14. The Morgan fingerprint density at radius 3 is 1.70 bits per heavy atom. The number of hydrogen-bond acceptors (Lipinski definition) is 1. The van der Waals surface area contributed by atoms with Crippen molar-refractivity contribution < 1.29 is 26.3 Å². The van der Waals surface area contributed by atoms with Crippen LogP contribution in [0.2, 0.25) is 0 Å². The van der Waals surface area contributed by atoms with Crippen LogP contribution in [-0.2, 0) is 12.4 Å². The number of hydrogen-bond donors (Lipinski definition) is 0. The van der Waals surface area contributed by atoms with Crippen LogP contribution in [0.5, 0.6) is 0 Å². The first kappa shape index (κ1) is 19.7. The third kappa shape index (κ3) is 4.10. The van der Waals surface area contributed by atoms with E-state index >= 15 is 0 Å². The van der Waals surface area contributed by atoms with Gasteiger partial charge >= 0.3 is 12.4 Å². The monoisotopic (exact) mass is 493 g/mol. The van der Waals surface area contributed by atoms with Crippen molar-refractivity contribution in [3.8, 4) is 22.4 Å². The molecule has 0 spiro atoms. The lowest BCUT2D eigenvalue weighted by Crippen LogP contribution is -2.09. The highest BCUT2D eigenvalue weighted by Crippen LogP contribution is 2.43. The first-order chi connectivity index (χ1) is 12.6. The van der Waals surface area contributed by atoms with E-state index in [1.54, 1.807) is 0 Å². The van der Waals surface area contributed by atoms with Gasteiger partial charge in [0, 0.05) is 20.9 Å². The van der Waals surface area contributed by atoms with Crippen LogP contribution in [0.15, 0.2) is 60.8 Å². The molecule has 1 aromatic heterocycles. The van der Waals surface area contributed by atoms with Crippen molar-refractivity contribution in [2.24, 2.45) is 0 Å². The molecule has 8 heteroatoms. The molecule has 0 saturated heterocycles. The highest BCUT2D eigenvalue weighted by Gasteiger charge is 2.36. The van der Waals surface area contributed by atoms with Gasteiger partial charge in [0.2, 0.25) is 0 Å². The molecule has 0 aliphatic heterocycles. The normalized spacial score (nSPS) is 12.3. The summed E-state index contributed by atoms with van der Waals surface area (Å²) in [6, 6.07) is 10.9. The number of aromatic nitrogens is 1. The zero-order valence-corrected chi connectivity index (χ0v) is 15.5. The Bertz CT molecular complexity index is 978. The molecule has 0 unspecified atom stereocenters. The second-order valence-corrected chi connectivity index (χ2v) is 6.88. The van der Waals surface area contributed by atoms with E-state index in [0.29, 0.717) is 3.57 Å². The topological polar surface area (TPSA) is 12.9 Å². The second-order valence-electron chi connectivity index (χ2n) is 5.64. The van der Waals surface area contributed by atoms with Crippen molar-refractivity contribution in [2.45, 2.75) is 12.4 Å². The van der Waals surface area contributed by atoms with Crippen LogP contribution < -0.4 is 0 Å². The van der Waals surface area contributed by atoms with Gasteiger partial charge in [0.15, 0.2) is 0 Å². The predicted octanol–water partition coefficient (Wildman–Crippen LogP) is 7.06. The minimum Gasteiger partial charge on any atom is -0.254 e. The molecular weight excluding hydrogens is 483 g/mol. The molecule has 0 bridgehead atoms. The molecule has 0 radical (unpaired) electrons. The van der Waals surface area contributed by atoms with Crippen LogP contribution in [0.3, 0.4) is 0 Å². The maximum atomic E-state index is 13.4. The maximum Gasteiger partial charge on any atom is 0.417 e. The van der Waals surface area contributed by atoms with E-state index in [1.807, 2.05) is 22.6 Å². The van der Waals surface area contributed by atoms with Crippen molar-refractivity contribution >= 4 is 22.6 Å². The van der Waals surface area contributed by atoms with Crippen molar-refractivity contribution in [1.29, 1.82) is 0 Å². The Kier molecular flexibility index (Phi) is 5.20. The van der Waals surface area contributed by atoms with Gasteiger partial charge in [0.25, 0.3) is 0 Å². The fraction of sp³-hybridized carbons (Fsp3) is 0.105. The summed E-state index contributed by atoms with van der Waals surface area (Å²) in [5, 5.41) is 0. The van der Waals surface area contributed by atoms with Crippen molar-refractivity contribution in [3.05, 3.63) is 75.5 Å². The molecule has 1 nitrogen and oxygen atoms in total. The summed E-state index contributed by atoms with van der Waals surface area (Å²) < 4.78 is 81.0. The number of halogens is 7. The van der Waals surface area contributed by atoms with Gasteiger partial charge in [-0.25, -0.2) is 0 Å². The van der Waals surface area contributed by atoms with Gasteiger partial charge in [0.05, 0.1) is 16.8 Å². The fourth-order valence-corrected chi connectivity index (χ4v) is 3.21. The van der Waals surface area contributed by atoms with Gasteiger partial charge in [-0.05, 0) is 46.4 Å². The number of alkyl halides is 6. The summed E-state index contributed by atoms with van der Waals surface area (Å²) in [5.41, 5.74) is -2.54. The third-order valence-electron chi connectivity index (χ3n) is 3.86. The van der Waals surface area contributed by atoms with Gasteiger partial charge in [-0.2, -0.15) is 26.3 Å². The summed E-state index contributed by atoms with van der Waals surface area (Å²) in [7, 11) is 0. The van der Waals surface area contributed by atoms with Gasteiger partial charge in [-0.1, -0.05) is 36.4 Å². The number of rotatable bonds is 2. The average molecular weight is 493 g/mol. The first-order valence-corrected chi connectivity index (χ1v) is 8.65. The summed E-state index contributed by atoms with van der Waals surface area (Å²) >= 11 is 1.86. The molecule has 27 heavy (non-hydrogen) atoms. The molecule has 3 rings (SSSR count). The van der Waals surface area contributed by atoms with Gasteiger partial charge in [-0.3, -0.25) is 4.98 Å². The molecule has 0 aliphatic carbocycles. The summed E-state index contributed by atoms with van der Waals surface area (Å²) in [6.45, 7) is 0. The lowest BCUT2D eigenvalue weighted by molar-refractivity contribution is -0.138. The maximum absolute atomic E-state index is 13.4. The summed E-state index contributed by atoms with van der Waals surface area (Å²) in [4.78, 5) is 4.05. The lowest BCUT2D eigenvalue weighted by Gasteiger charge is -2.18. The van der Waals surface area contributed by atoms with Crippen LogP contribution in [0, 0.1) is 3.57 Å². The van der Waals surface area contributed by atoms with Crippen LogP contribution in [0.25, 0.3) is 22.4 Å². The lowest BCUT2D eigenvalue weighted by atomic mass is 9.93. The largest absolute Gasteiger partial charge is 0.417 e. The van der Waals surface area contributed by atoms with Gasteiger partial charge in [0.1, 0.15) is 0 Å². The van der Waals surface area contributed by atoms with Gasteiger partial charge < -0.3 is 0 Å². The van der Waals surface area contributed by atoms with E-state index < -0.39 is 23.5 Å². The first-order valence-electron chi connectivity index (χ1n) is 7.58. The zero-order valence-electron chi connectivity index (χ0n) is 13.4. The van der Waals surface area contributed by atoms with Crippen LogP contribution in [0.1, 0.15) is 11.1 Å². The van der Waals surface area contributed by atoms with E-state index in [0.717, 1.165) is 12.1 Å². The van der Waals surface area contributed by atoms with Crippen LogP contribution in [-0.4, -0.2) is 4.98 Å². The molecular formula is C19H10F6IN. The minimum absolute atomic E-state index is 0.00785. The van der Waals surface area contributed by atoms with Crippen molar-refractivity contribution in [2.75, 3.05) is 0 Å². The molecule has 0 N–H and O–H groups in total. The molecule has 140 valence electrons. The van der Waals surface area contributed by atoms with Crippen LogP contribution >= 0.6 is 22.6 Å². The molecule has 0 fully saturated rings. The average Bonchev–Trinajstić information content (AvgIpc) is 2.60. The van der Waals surface area contributed by atoms with E-state index in [2.05, 4.69) is 4.98 Å². The SMILES string of the molecule is FC(F)(F)c1ccccc1-c1cc(I)cnc1-c1ccccc1C(F)(F)F. The van der Waals surface area contributed by atoms with Gasteiger partial charge in [-0.15, -0.1) is 0 Å². The molecule has 0 amide bonds. The number of nitrogens with zero attached hydrogens (tertiary/aromatic N) is 1. The fourth-order valence-electron chi connectivity index (χ4n) is 2.76. The third-order valence-corrected chi connectivity index (χ3v) is 4.45. The smallest absolute Gasteiger partial charge is 0.254 e. The molecule has 2 aromatic carbocycles. The highest BCUT2D eigenvalue weighted by molar-refractivity contribution is 14.1. The Morgan fingerprint density at radius 1 is 0.667 bits per heavy atom. The molecule has 0 atom stereocenters. The Balaban J connectivity index is 2.34. The minimum atomic E-state index is -4.66. The molecule has 0 aliphatic rings. The van der Waals surface area contributed by atoms with E-state index in [1.165, 1.54) is 48.7 Å². The zero-order chi connectivity index (χ0) is 19.8. The standard InChI is InChI=1S/C19H10F6IN/c20-18(21,22)15-7-3-1-5-12(15)14-9-11(26)10-27-17(14)13-6-2-4-8-16(13)19(23,24)25/h1-10H. The Labute approximate surface area is 164 Å². The van der Waals surface area contributed by atoms with Crippen LogP contribution in [0.4, 0.5) is 26.3 Å². The van der Waals surface area contributed by atoms with E-state index in [-0.39, 0.29) is 22.4 Å². The van der Waals surface area contributed by atoms with E-state index in [4.69, 9.17) is 0 Å². The Hall–Kier alpha value is -2.10. The Morgan fingerprint density at radius 2 is 1.15 bits per heavy atom.